The van der Waals surface area contributed by atoms with Crippen LogP contribution in [0.3, 0.4) is 0 Å². The lowest BCUT2D eigenvalue weighted by Gasteiger charge is -2.20. The van der Waals surface area contributed by atoms with Crippen molar-refractivity contribution < 1.29 is 0 Å². The maximum atomic E-state index is 4.28. The van der Waals surface area contributed by atoms with Crippen LogP contribution in [0, 0.1) is 5.92 Å². The number of aryl methyl sites for hydroxylation is 1. The van der Waals surface area contributed by atoms with Gasteiger partial charge in [0.1, 0.15) is 5.82 Å². The molecule has 1 aliphatic rings. The van der Waals surface area contributed by atoms with Gasteiger partial charge in [-0.3, -0.25) is 4.98 Å². The van der Waals surface area contributed by atoms with Crippen molar-refractivity contribution in [2.24, 2.45) is 5.92 Å². The monoisotopic (exact) mass is 214 g/mol. The number of nitrogens with zero attached hydrogens (tertiary/aromatic N) is 4. The van der Waals surface area contributed by atoms with Crippen molar-refractivity contribution in [3.05, 3.63) is 30.4 Å². The average Bonchev–Trinajstić information content (AvgIpc) is 2.73. The number of hydrogen-bond donors (Lipinski definition) is 0. The van der Waals surface area contributed by atoms with Crippen LogP contribution in [0.15, 0.2) is 24.5 Å². The molecule has 4 nitrogen and oxygen atoms in total. The summed E-state index contributed by atoms with van der Waals surface area (Å²) in [6.45, 7) is 3.29. The molecule has 1 unspecified atom stereocenters. The van der Waals surface area contributed by atoms with Gasteiger partial charge in [-0.2, -0.15) is 0 Å². The molecule has 2 aromatic heterocycles. The molecule has 0 saturated carbocycles. The van der Waals surface area contributed by atoms with Gasteiger partial charge in [0.2, 0.25) is 0 Å². The molecule has 0 radical (unpaired) electrons. The van der Waals surface area contributed by atoms with Crippen LogP contribution < -0.4 is 0 Å². The first kappa shape index (κ1) is 9.51. The summed E-state index contributed by atoms with van der Waals surface area (Å²) in [5.74, 6) is 2.77. The molecule has 0 spiro atoms. The predicted octanol–water partition coefficient (Wildman–Crippen LogP) is 1.92. The van der Waals surface area contributed by atoms with Crippen LogP contribution in [-0.4, -0.2) is 19.7 Å². The smallest absolute Gasteiger partial charge is 0.165 e. The fourth-order valence-electron chi connectivity index (χ4n) is 2.20. The molecule has 1 aliphatic heterocycles. The van der Waals surface area contributed by atoms with E-state index < -0.39 is 0 Å². The molecule has 82 valence electrons. The van der Waals surface area contributed by atoms with Crippen molar-refractivity contribution >= 4 is 0 Å². The fourth-order valence-corrected chi connectivity index (χ4v) is 2.20. The zero-order chi connectivity index (χ0) is 11.0. The molecule has 0 saturated heterocycles. The zero-order valence-corrected chi connectivity index (χ0v) is 9.30. The maximum absolute atomic E-state index is 4.28. The molecule has 0 fully saturated rings. The van der Waals surface area contributed by atoms with Crippen LogP contribution in [0.2, 0.25) is 0 Å². The molecule has 1 atom stereocenters. The Morgan fingerprint density at radius 1 is 1.38 bits per heavy atom. The second-order valence-electron chi connectivity index (χ2n) is 4.44. The Morgan fingerprint density at radius 2 is 2.31 bits per heavy atom. The summed E-state index contributed by atoms with van der Waals surface area (Å²) in [6, 6.07) is 3.97. The average molecular weight is 214 g/mol. The second kappa shape index (κ2) is 3.70. The lowest BCUT2D eigenvalue weighted by molar-refractivity contribution is 0.396. The van der Waals surface area contributed by atoms with Gasteiger partial charge in [0.25, 0.3) is 0 Å². The van der Waals surface area contributed by atoms with E-state index in [9.17, 15) is 0 Å². The van der Waals surface area contributed by atoms with E-state index >= 15 is 0 Å². The minimum Gasteiger partial charge on any atom is -0.311 e. The largest absolute Gasteiger partial charge is 0.311 e. The molecule has 0 aliphatic carbocycles. The Labute approximate surface area is 94.4 Å². The quantitative estimate of drug-likeness (QED) is 0.728. The lowest BCUT2D eigenvalue weighted by Crippen LogP contribution is -2.18. The van der Waals surface area contributed by atoms with Crippen molar-refractivity contribution in [1.82, 2.24) is 19.7 Å². The molecule has 0 bridgehead atoms. The van der Waals surface area contributed by atoms with Gasteiger partial charge in [-0.25, -0.2) is 0 Å². The van der Waals surface area contributed by atoms with Gasteiger partial charge in [0.05, 0.1) is 0 Å². The second-order valence-corrected chi connectivity index (χ2v) is 4.44. The van der Waals surface area contributed by atoms with Gasteiger partial charge in [0.15, 0.2) is 5.82 Å². The van der Waals surface area contributed by atoms with Crippen LogP contribution in [0.4, 0.5) is 0 Å². The Kier molecular flexibility index (Phi) is 2.20. The van der Waals surface area contributed by atoms with Crippen LogP contribution >= 0.6 is 0 Å². The molecule has 16 heavy (non-hydrogen) atoms. The summed E-state index contributed by atoms with van der Waals surface area (Å²) in [5.41, 5.74) is 1.05. The van der Waals surface area contributed by atoms with Gasteiger partial charge >= 0.3 is 0 Å². The SMILES string of the molecule is CC1CCc2nnc(-c3cccnc3)n2C1. The normalized spacial score (nSPS) is 19.4. The van der Waals surface area contributed by atoms with Gasteiger partial charge in [-0.05, 0) is 24.5 Å². The molecule has 2 aromatic rings. The van der Waals surface area contributed by atoms with Gasteiger partial charge in [-0.1, -0.05) is 6.92 Å². The molecule has 0 amide bonds. The number of hydrogen-bond acceptors (Lipinski definition) is 3. The number of aromatic nitrogens is 4. The summed E-state index contributed by atoms with van der Waals surface area (Å²) in [4.78, 5) is 4.13. The number of pyridine rings is 1. The molecule has 4 heteroatoms. The van der Waals surface area contributed by atoms with E-state index in [0.717, 1.165) is 30.2 Å². The molecule has 3 heterocycles. The predicted molar refractivity (Wildman–Crippen MR) is 60.7 cm³/mol. The minimum atomic E-state index is 0.707. The Balaban J connectivity index is 2.07. The van der Waals surface area contributed by atoms with Gasteiger partial charge in [0, 0.05) is 30.9 Å². The first-order valence-electron chi connectivity index (χ1n) is 5.67. The van der Waals surface area contributed by atoms with Gasteiger partial charge in [-0.15, -0.1) is 10.2 Å². The summed E-state index contributed by atoms with van der Waals surface area (Å²) in [6.07, 6.45) is 5.87. The van der Waals surface area contributed by atoms with Crippen molar-refractivity contribution in [3.63, 3.8) is 0 Å². The van der Waals surface area contributed by atoms with Crippen molar-refractivity contribution in [2.75, 3.05) is 0 Å². The third-order valence-electron chi connectivity index (χ3n) is 3.10. The summed E-state index contributed by atoms with van der Waals surface area (Å²) < 4.78 is 2.23. The van der Waals surface area contributed by atoms with E-state index in [0.29, 0.717) is 5.92 Å². The molecular formula is C12H14N4. The lowest BCUT2D eigenvalue weighted by atomic mass is 10.0. The first-order valence-corrected chi connectivity index (χ1v) is 5.67. The number of rotatable bonds is 1. The van der Waals surface area contributed by atoms with Crippen molar-refractivity contribution in [2.45, 2.75) is 26.3 Å². The Bertz CT molecular complexity index is 489. The van der Waals surface area contributed by atoms with E-state index in [1.807, 2.05) is 18.3 Å². The van der Waals surface area contributed by atoms with Crippen LogP contribution in [-0.2, 0) is 13.0 Å². The van der Waals surface area contributed by atoms with Gasteiger partial charge < -0.3 is 4.57 Å². The third-order valence-corrected chi connectivity index (χ3v) is 3.10. The number of fused-ring (bicyclic) bond motifs is 1. The minimum absolute atomic E-state index is 0.707. The van der Waals surface area contributed by atoms with E-state index in [2.05, 4.69) is 26.7 Å². The Morgan fingerprint density at radius 3 is 3.12 bits per heavy atom. The highest BCUT2D eigenvalue weighted by atomic mass is 15.3. The highest BCUT2D eigenvalue weighted by Crippen LogP contribution is 2.24. The fraction of sp³-hybridized carbons (Fsp3) is 0.417. The first-order chi connectivity index (χ1) is 7.84. The summed E-state index contributed by atoms with van der Waals surface area (Å²) in [7, 11) is 0. The van der Waals surface area contributed by atoms with Crippen molar-refractivity contribution in [1.29, 1.82) is 0 Å². The highest BCUT2D eigenvalue weighted by molar-refractivity contribution is 5.53. The van der Waals surface area contributed by atoms with Crippen LogP contribution in [0.5, 0.6) is 0 Å². The summed E-state index contributed by atoms with van der Waals surface area (Å²) in [5, 5.41) is 8.53. The highest BCUT2D eigenvalue weighted by Gasteiger charge is 2.20. The zero-order valence-electron chi connectivity index (χ0n) is 9.30. The Hall–Kier alpha value is -1.71. The van der Waals surface area contributed by atoms with Crippen LogP contribution in [0.1, 0.15) is 19.2 Å². The summed E-state index contributed by atoms with van der Waals surface area (Å²) >= 11 is 0. The third kappa shape index (κ3) is 1.50. The molecule has 0 aromatic carbocycles. The molecular weight excluding hydrogens is 200 g/mol. The molecule has 0 N–H and O–H groups in total. The standard InChI is InChI=1S/C12H14N4/c1-9-4-5-11-14-15-12(16(11)8-9)10-3-2-6-13-7-10/h2-3,6-7,9H,4-5,8H2,1H3. The topological polar surface area (TPSA) is 43.6 Å². The molecule has 3 rings (SSSR count). The van der Waals surface area contributed by atoms with E-state index in [1.54, 1.807) is 6.20 Å². The van der Waals surface area contributed by atoms with E-state index in [1.165, 1.54) is 6.42 Å². The maximum Gasteiger partial charge on any atom is 0.165 e. The van der Waals surface area contributed by atoms with Crippen LogP contribution in [0.25, 0.3) is 11.4 Å². The van der Waals surface area contributed by atoms with E-state index in [4.69, 9.17) is 0 Å². The van der Waals surface area contributed by atoms with Crippen molar-refractivity contribution in [3.8, 4) is 11.4 Å². The van der Waals surface area contributed by atoms with E-state index in [-0.39, 0.29) is 0 Å².